The van der Waals surface area contributed by atoms with Crippen molar-refractivity contribution in [1.82, 2.24) is 4.90 Å². The minimum atomic E-state index is -4.27. The van der Waals surface area contributed by atoms with Gasteiger partial charge < -0.3 is 24.2 Å². The Morgan fingerprint density at radius 3 is 2.45 bits per heavy atom. The Bertz CT molecular complexity index is 1170. The molecule has 0 aromatic heterocycles. The van der Waals surface area contributed by atoms with Crippen molar-refractivity contribution in [2.24, 2.45) is 0 Å². The lowest BCUT2D eigenvalue weighted by Gasteiger charge is -2.27. The molecule has 10 nitrogen and oxygen atoms in total. The number of carbonyl (C=O) groups is 2. The molecule has 2 aromatic rings. The summed E-state index contributed by atoms with van der Waals surface area (Å²) in [7, 11) is -1.64. The molecule has 0 radical (unpaired) electrons. The number of anilines is 1. The van der Waals surface area contributed by atoms with Crippen LogP contribution in [0.25, 0.3) is 6.08 Å². The zero-order valence-electron chi connectivity index (χ0n) is 18.1. The molecule has 0 spiro atoms. The molecule has 0 saturated carbocycles. The quantitative estimate of drug-likeness (QED) is 0.554. The van der Waals surface area contributed by atoms with E-state index < -0.39 is 16.0 Å². The van der Waals surface area contributed by atoms with Gasteiger partial charge in [0.1, 0.15) is 4.90 Å². The van der Waals surface area contributed by atoms with Crippen LogP contribution in [0.2, 0.25) is 0 Å². The van der Waals surface area contributed by atoms with Crippen molar-refractivity contribution in [3.63, 3.8) is 0 Å². The lowest BCUT2D eigenvalue weighted by molar-refractivity contribution is -0.131. The molecule has 1 aliphatic rings. The number of amides is 1. The maximum absolute atomic E-state index is 13.4. The van der Waals surface area contributed by atoms with E-state index in [0.717, 1.165) is 6.08 Å². The minimum Gasteiger partial charge on any atom is -0.493 e. The van der Waals surface area contributed by atoms with E-state index in [-0.39, 0.29) is 39.1 Å². The van der Waals surface area contributed by atoms with Gasteiger partial charge in [0.05, 0.1) is 38.7 Å². The van der Waals surface area contributed by atoms with Crippen LogP contribution in [0.4, 0.5) is 5.69 Å². The van der Waals surface area contributed by atoms with Gasteiger partial charge in [-0.05, 0) is 35.9 Å². The fourth-order valence-corrected chi connectivity index (χ4v) is 4.60. The highest BCUT2D eigenvalue weighted by Crippen LogP contribution is 2.37. The fraction of sp³-hybridized carbons (Fsp3) is 0.273. The molecule has 0 bridgehead atoms. The van der Waals surface area contributed by atoms with Gasteiger partial charge in [-0.1, -0.05) is 12.1 Å². The first-order valence-corrected chi connectivity index (χ1v) is 11.4. The van der Waals surface area contributed by atoms with E-state index >= 15 is 0 Å². The number of ether oxygens (including phenoxy) is 3. The Morgan fingerprint density at radius 2 is 1.82 bits per heavy atom. The Hall–Kier alpha value is -3.57. The molecule has 0 aliphatic carbocycles. The average Bonchev–Trinajstić information content (AvgIpc) is 2.82. The second kappa shape index (κ2) is 10.4. The summed E-state index contributed by atoms with van der Waals surface area (Å²) in [6.45, 7) is 1.63. The number of para-hydroxylation sites is 1. The van der Waals surface area contributed by atoms with Crippen molar-refractivity contribution in [2.75, 3.05) is 45.2 Å². The number of rotatable bonds is 8. The number of benzene rings is 2. The van der Waals surface area contributed by atoms with E-state index in [1.165, 1.54) is 38.5 Å². The third-order valence-corrected chi connectivity index (χ3v) is 6.25. The molecular formula is C22H24N2O8S. The van der Waals surface area contributed by atoms with Crippen molar-refractivity contribution >= 4 is 33.7 Å². The normalized spacial score (nSPS) is 14.2. The Balaban J connectivity index is 2.02. The molecular weight excluding hydrogens is 452 g/mol. The lowest BCUT2D eigenvalue weighted by Crippen LogP contribution is -2.41. The molecule has 1 heterocycles. The number of nitrogens with one attached hydrogen (secondary N) is 1. The number of morpholine rings is 1. The Morgan fingerprint density at radius 1 is 1.12 bits per heavy atom. The summed E-state index contributed by atoms with van der Waals surface area (Å²) in [5.41, 5.74) is 0.561. The van der Waals surface area contributed by atoms with E-state index in [1.807, 2.05) is 0 Å². The van der Waals surface area contributed by atoms with E-state index in [0.29, 0.717) is 26.3 Å². The lowest BCUT2D eigenvalue weighted by atomic mass is 10.1. The van der Waals surface area contributed by atoms with Crippen LogP contribution in [-0.2, 0) is 19.6 Å². The molecule has 33 heavy (non-hydrogen) atoms. The van der Waals surface area contributed by atoms with Gasteiger partial charge in [-0.2, -0.15) is 0 Å². The van der Waals surface area contributed by atoms with Gasteiger partial charge in [0, 0.05) is 19.2 Å². The summed E-state index contributed by atoms with van der Waals surface area (Å²) in [5, 5.41) is 8.90. The van der Waals surface area contributed by atoms with Gasteiger partial charge in [-0.15, -0.1) is 0 Å². The van der Waals surface area contributed by atoms with Crippen molar-refractivity contribution in [3.8, 4) is 11.5 Å². The number of carboxylic acid groups (broad SMARTS) is 1. The number of methoxy groups -OCH3 is 2. The summed E-state index contributed by atoms with van der Waals surface area (Å²) in [6, 6.07) is 9.00. The smallest absolute Gasteiger partial charge is 0.328 e. The highest BCUT2D eigenvalue weighted by Gasteiger charge is 2.27. The molecule has 2 N–H and O–H groups in total. The molecule has 1 fully saturated rings. The second-order valence-electron chi connectivity index (χ2n) is 6.98. The van der Waals surface area contributed by atoms with Gasteiger partial charge in [-0.25, -0.2) is 13.2 Å². The Labute approximate surface area is 191 Å². The van der Waals surface area contributed by atoms with Crippen LogP contribution in [0, 0.1) is 0 Å². The van der Waals surface area contributed by atoms with Gasteiger partial charge in [0.2, 0.25) is 0 Å². The first kappa shape index (κ1) is 24.1. The average molecular weight is 477 g/mol. The maximum atomic E-state index is 13.4. The molecule has 3 rings (SSSR count). The summed E-state index contributed by atoms with van der Waals surface area (Å²) in [5.74, 6) is -1.47. The number of carboxylic acids is 1. The molecule has 11 heteroatoms. The fourth-order valence-electron chi connectivity index (χ4n) is 3.31. The zero-order valence-corrected chi connectivity index (χ0v) is 18.9. The summed E-state index contributed by atoms with van der Waals surface area (Å²) in [6.07, 6.45) is 2.11. The second-order valence-corrected chi connectivity index (χ2v) is 8.63. The molecule has 0 unspecified atom stereocenters. The zero-order chi connectivity index (χ0) is 24.0. The summed E-state index contributed by atoms with van der Waals surface area (Å²) in [4.78, 5) is 25.2. The van der Waals surface area contributed by atoms with E-state index in [2.05, 4.69) is 4.72 Å². The van der Waals surface area contributed by atoms with E-state index in [4.69, 9.17) is 19.3 Å². The van der Waals surface area contributed by atoms with Crippen molar-refractivity contribution < 1.29 is 37.3 Å². The monoisotopic (exact) mass is 476 g/mol. The minimum absolute atomic E-state index is 0.0607. The van der Waals surface area contributed by atoms with Gasteiger partial charge in [-0.3, -0.25) is 9.52 Å². The SMILES string of the molecule is COc1cc(C=CC(=O)O)cc(S(=O)(=O)Nc2ccccc2C(=O)N2CCOCC2)c1OC. The van der Waals surface area contributed by atoms with Crippen molar-refractivity contribution in [2.45, 2.75) is 4.90 Å². The number of aliphatic carboxylic acids is 1. The molecule has 0 atom stereocenters. The number of carbonyl (C=O) groups excluding carboxylic acids is 1. The molecule has 176 valence electrons. The number of hydrogen-bond acceptors (Lipinski definition) is 7. The van der Waals surface area contributed by atoms with Crippen LogP contribution in [0.1, 0.15) is 15.9 Å². The third-order valence-electron chi connectivity index (χ3n) is 4.88. The Kier molecular flexibility index (Phi) is 7.56. The van der Waals surface area contributed by atoms with Gasteiger partial charge in [0.15, 0.2) is 11.5 Å². The van der Waals surface area contributed by atoms with Crippen molar-refractivity contribution in [1.29, 1.82) is 0 Å². The van der Waals surface area contributed by atoms with Crippen LogP contribution in [-0.4, -0.2) is 70.8 Å². The third kappa shape index (κ3) is 5.62. The van der Waals surface area contributed by atoms with Crippen LogP contribution in [0.5, 0.6) is 11.5 Å². The molecule has 2 aromatic carbocycles. The molecule has 1 amide bonds. The van der Waals surface area contributed by atoms with E-state index in [1.54, 1.807) is 23.1 Å². The van der Waals surface area contributed by atoms with Crippen molar-refractivity contribution in [3.05, 3.63) is 53.6 Å². The predicted octanol–water partition coefficient (Wildman–Crippen LogP) is 2.07. The maximum Gasteiger partial charge on any atom is 0.328 e. The first-order chi connectivity index (χ1) is 15.8. The predicted molar refractivity (Wildman–Crippen MR) is 120 cm³/mol. The number of sulfonamides is 1. The standard InChI is InChI=1S/C22H24N2O8S/c1-30-18-13-15(7-8-20(25)26)14-19(21(18)31-2)33(28,29)23-17-6-4-3-5-16(17)22(27)24-9-11-32-12-10-24/h3-8,13-14,23H,9-12H2,1-2H3,(H,25,26). The topological polar surface area (TPSA) is 131 Å². The summed E-state index contributed by atoms with van der Waals surface area (Å²) < 4.78 is 45.0. The first-order valence-electron chi connectivity index (χ1n) is 9.92. The van der Waals surface area contributed by atoms with Gasteiger partial charge in [0.25, 0.3) is 15.9 Å². The van der Waals surface area contributed by atoms with Crippen LogP contribution >= 0.6 is 0 Å². The number of nitrogens with zero attached hydrogens (tertiary/aromatic N) is 1. The highest BCUT2D eigenvalue weighted by molar-refractivity contribution is 7.92. The molecule has 1 aliphatic heterocycles. The summed E-state index contributed by atoms with van der Waals surface area (Å²) >= 11 is 0. The number of hydrogen-bond donors (Lipinski definition) is 2. The van der Waals surface area contributed by atoms with Crippen LogP contribution in [0.15, 0.2) is 47.4 Å². The van der Waals surface area contributed by atoms with Crippen LogP contribution < -0.4 is 14.2 Å². The largest absolute Gasteiger partial charge is 0.493 e. The van der Waals surface area contributed by atoms with Gasteiger partial charge >= 0.3 is 5.97 Å². The van der Waals surface area contributed by atoms with Crippen LogP contribution in [0.3, 0.4) is 0 Å². The highest BCUT2D eigenvalue weighted by atomic mass is 32.2. The van der Waals surface area contributed by atoms with E-state index in [9.17, 15) is 18.0 Å². The molecule has 1 saturated heterocycles.